The van der Waals surface area contributed by atoms with E-state index in [0.29, 0.717) is 10.8 Å². The molecule has 4 aromatic carbocycles. The third-order valence-electron chi connectivity index (χ3n) is 22.1. The fraction of sp³-hybridized carbons (Fsp3) is 0.783. The molecule has 0 aliphatic heterocycles. The second kappa shape index (κ2) is 67.0. The number of aryl methyl sites for hydroxylation is 4. The Bertz CT molecular complexity index is 2570. The molecule has 0 aliphatic carbocycles. The van der Waals surface area contributed by atoms with Crippen LogP contribution in [0.15, 0.2) is 70.5 Å². The summed E-state index contributed by atoms with van der Waals surface area (Å²) in [4.78, 5) is -0.144. The molecular formula is C92H158BaO6S2. The van der Waals surface area contributed by atoms with Crippen LogP contribution < -0.4 is 0 Å². The van der Waals surface area contributed by atoms with Crippen LogP contribution in [0.3, 0.4) is 0 Å². The summed E-state index contributed by atoms with van der Waals surface area (Å²) in [6, 6.07) is 18.7. The summed E-state index contributed by atoms with van der Waals surface area (Å²) in [6.07, 6.45) is 91.4. The largest absolute Gasteiger partial charge is 2.00 e. The van der Waals surface area contributed by atoms with Crippen LogP contribution in [0.1, 0.15) is 461 Å². The molecule has 0 N–H and O–H groups in total. The molecule has 0 atom stereocenters. The van der Waals surface area contributed by atoms with Gasteiger partial charge in [-0.2, -0.15) is 0 Å². The molecule has 9 heteroatoms. The first-order chi connectivity index (χ1) is 48.9. The van der Waals surface area contributed by atoms with E-state index >= 15 is 0 Å². The summed E-state index contributed by atoms with van der Waals surface area (Å²) in [6.45, 7) is 9.15. The quantitative estimate of drug-likeness (QED) is 0.0247. The molecule has 4 rings (SSSR count). The number of hydrogen-bond acceptors (Lipinski definition) is 6. The van der Waals surface area contributed by atoms with Gasteiger partial charge in [0.15, 0.2) is 0 Å². The van der Waals surface area contributed by atoms with Gasteiger partial charge in [0.25, 0.3) is 0 Å². The summed E-state index contributed by atoms with van der Waals surface area (Å²) in [5.74, 6) is 0. The van der Waals surface area contributed by atoms with E-state index in [4.69, 9.17) is 0 Å². The van der Waals surface area contributed by atoms with Gasteiger partial charge in [-0.25, -0.2) is 16.8 Å². The van der Waals surface area contributed by atoms with Crippen LogP contribution in [-0.4, -0.2) is 74.8 Å². The predicted octanol–water partition coefficient (Wildman–Crippen LogP) is 30.3. The number of fused-ring (bicyclic) bond motifs is 2. The molecule has 4 aromatic rings. The van der Waals surface area contributed by atoms with Gasteiger partial charge < -0.3 is 9.11 Å². The van der Waals surface area contributed by atoms with Crippen molar-refractivity contribution in [2.24, 2.45) is 0 Å². The summed E-state index contributed by atoms with van der Waals surface area (Å²) < 4.78 is 72.3. The minimum absolute atomic E-state index is 0. The molecule has 6 nitrogen and oxygen atoms in total. The molecule has 0 bridgehead atoms. The van der Waals surface area contributed by atoms with Gasteiger partial charge in [0, 0.05) is 0 Å². The predicted molar refractivity (Wildman–Crippen MR) is 443 cm³/mol. The SMILES string of the molecule is CCCCCCCCCCCCCCCCCCc1cc2cccc(S(=O)(=O)[O-])c2cc1CCCCCCCCCCCCCCCCCC.CCCCCCCCCCCCCCCCCCc1cc2cccc(S(=O)(=O)[O-])c2cc1CCCCCCCCCCCCCCCCCC.[Ba+2]. The first kappa shape index (κ1) is 95.9. The van der Waals surface area contributed by atoms with E-state index in [1.165, 1.54) is 432 Å². The fourth-order valence-corrected chi connectivity index (χ4v) is 17.0. The van der Waals surface area contributed by atoms with E-state index in [1.807, 2.05) is 24.3 Å². The Hall–Kier alpha value is -1.21. The Morgan fingerprint density at radius 3 is 0.525 bits per heavy atom. The Morgan fingerprint density at radius 2 is 0.366 bits per heavy atom. The van der Waals surface area contributed by atoms with Crippen LogP contribution in [0.5, 0.6) is 0 Å². The zero-order chi connectivity index (χ0) is 71.9. The maximum atomic E-state index is 12.0. The van der Waals surface area contributed by atoms with Crippen molar-refractivity contribution in [2.45, 2.75) is 474 Å². The molecule has 0 fully saturated rings. The van der Waals surface area contributed by atoms with Crippen molar-refractivity contribution >= 4 is 90.7 Å². The number of unbranched alkanes of at least 4 members (excludes halogenated alkanes) is 60. The number of benzene rings is 4. The Labute approximate surface area is 667 Å². The van der Waals surface area contributed by atoms with Gasteiger partial charge >= 0.3 is 48.9 Å². The molecule has 0 spiro atoms. The Morgan fingerprint density at radius 1 is 0.218 bits per heavy atom. The molecule has 0 aromatic heterocycles. The second-order valence-corrected chi connectivity index (χ2v) is 34.0. The molecule has 0 heterocycles. The standard InChI is InChI=1S/2C46H80O3S.Ba/c2*1-3-5-7-9-11-13-15-17-19-21-23-25-27-29-31-33-36-42-40-44-38-35-39-46(50(47,48)49)45(44)41-43(42)37-34-32-30-28-26-24-22-20-18-16-14-12-10-8-6-4-2;/h2*35,38-41H,3-34,36-37H2,1-2H3,(H,47,48,49);/q;;+2/p-2. The van der Waals surface area contributed by atoms with Crippen molar-refractivity contribution in [1.82, 2.24) is 0 Å². The minimum Gasteiger partial charge on any atom is -0.744 e. The van der Waals surface area contributed by atoms with Gasteiger partial charge in [0.2, 0.25) is 0 Å². The van der Waals surface area contributed by atoms with Crippen LogP contribution in [0.4, 0.5) is 0 Å². The van der Waals surface area contributed by atoms with Crippen LogP contribution in [0.2, 0.25) is 0 Å². The first-order valence-corrected chi connectivity index (χ1v) is 46.8. The van der Waals surface area contributed by atoms with E-state index in [2.05, 4.69) is 39.8 Å². The first-order valence-electron chi connectivity index (χ1n) is 43.9. The maximum absolute atomic E-state index is 12.0. The third kappa shape index (κ3) is 50.9. The monoisotopic (exact) mass is 1560 g/mol. The van der Waals surface area contributed by atoms with Crippen molar-refractivity contribution in [2.75, 3.05) is 0 Å². The van der Waals surface area contributed by atoms with E-state index in [9.17, 15) is 25.9 Å². The molecule has 0 radical (unpaired) electrons. The van der Waals surface area contributed by atoms with Crippen LogP contribution in [-0.2, 0) is 45.9 Å². The normalized spacial score (nSPS) is 11.9. The zero-order valence-electron chi connectivity index (χ0n) is 66.8. The Balaban J connectivity index is 0.000000680. The molecule has 101 heavy (non-hydrogen) atoms. The fourth-order valence-electron chi connectivity index (χ4n) is 15.6. The smallest absolute Gasteiger partial charge is 0.744 e. The summed E-state index contributed by atoms with van der Waals surface area (Å²) in [5, 5.41) is 2.96. The van der Waals surface area contributed by atoms with Crippen molar-refractivity contribution in [1.29, 1.82) is 0 Å². The second-order valence-electron chi connectivity index (χ2n) is 31.3. The van der Waals surface area contributed by atoms with Gasteiger partial charge in [0.05, 0.1) is 9.79 Å². The zero-order valence-corrected chi connectivity index (χ0v) is 72.9. The molecule has 0 unspecified atom stereocenters. The van der Waals surface area contributed by atoms with Crippen LogP contribution >= 0.6 is 0 Å². The van der Waals surface area contributed by atoms with Gasteiger partial charge in [-0.3, -0.25) is 0 Å². The average molecular weight is 1560 g/mol. The van der Waals surface area contributed by atoms with Crippen molar-refractivity contribution in [3.05, 3.63) is 82.9 Å². The van der Waals surface area contributed by atoms with Gasteiger partial charge in [0.1, 0.15) is 20.2 Å². The van der Waals surface area contributed by atoms with Crippen LogP contribution in [0.25, 0.3) is 21.5 Å². The summed E-state index contributed by atoms with van der Waals surface area (Å²) in [5.41, 5.74) is 5.20. The molecule has 0 saturated carbocycles. The topological polar surface area (TPSA) is 114 Å². The van der Waals surface area contributed by atoms with Gasteiger partial charge in [-0.15, -0.1) is 0 Å². The summed E-state index contributed by atoms with van der Waals surface area (Å²) >= 11 is 0. The summed E-state index contributed by atoms with van der Waals surface area (Å²) in [7, 11) is -9.01. The Kier molecular flexibility index (Phi) is 63.5. The van der Waals surface area contributed by atoms with Crippen molar-refractivity contribution in [3.63, 3.8) is 0 Å². The van der Waals surface area contributed by atoms with E-state index < -0.39 is 20.2 Å². The van der Waals surface area contributed by atoms with Crippen molar-refractivity contribution in [3.8, 4) is 0 Å². The third-order valence-corrected chi connectivity index (χ3v) is 23.8. The van der Waals surface area contributed by atoms with E-state index in [0.717, 1.165) is 49.3 Å². The molecule has 0 amide bonds. The van der Waals surface area contributed by atoms with Gasteiger partial charge in [-0.1, -0.05) is 449 Å². The van der Waals surface area contributed by atoms with E-state index in [1.54, 1.807) is 12.1 Å². The maximum Gasteiger partial charge on any atom is 2.00 e. The molecule has 576 valence electrons. The molecular weight excluding hydrogens is 1400 g/mol. The minimum atomic E-state index is -4.51. The van der Waals surface area contributed by atoms with Gasteiger partial charge in [-0.05, 0) is 119 Å². The average Bonchev–Trinajstić information content (AvgIpc) is 0.791. The molecule has 0 saturated heterocycles. The van der Waals surface area contributed by atoms with E-state index in [-0.39, 0.29) is 58.7 Å². The number of hydrogen-bond donors (Lipinski definition) is 0. The van der Waals surface area contributed by atoms with Crippen molar-refractivity contribution < 1.29 is 25.9 Å². The molecule has 0 aliphatic rings. The number of rotatable bonds is 70. The van der Waals surface area contributed by atoms with Crippen LogP contribution in [0, 0.1) is 0 Å².